The van der Waals surface area contributed by atoms with Gasteiger partial charge in [0, 0.05) is 18.4 Å². The van der Waals surface area contributed by atoms with Crippen molar-refractivity contribution >= 4 is 5.78 Å². The second-order valence-electron chi connectivity index (χ2n) is 7.73. The summed E-state index contributed by atoms with van der Waals surface area (Å²) in [5.41, 5.74) is 0.401. The van der Waals surface area contributed by atoms with Crippen molar-refractivity contribution in [2.24, 2.45) is 11.3 Å². The number of rotatable bonds is 3. The van der Waals surface area contributed by atoms with Crippen LogP contribution >= 0.6 is 0 Å². The Hall–Kier alpha value is -0.370. The molecule has 2 aliphatic rings. The van der Waals surface area contributed by atoms with Crippen molar-refractivity contribution in [1.29, 1.82) is 0 Å². The van der Waals surface area contributed by atoms with Crippen LogP contribution in [-0.2, 0) is 4.79 Å². The first kappa shape index (κ1) is 15.0. The van der Waals surface area contributed by atoms with E-state index in [1.807, 2.05) is 0 Å². The van der Waals surface area contributed by atoms with Gasteiger partial charge in [0.2, 0.25) is 0 Å². The highest BCUT2D eigenvalue weighted by molar-refractivity contribution is 5.82. The maximum Gasteiger partial charge on any atom is 0.137 e. The van der Waals surface area contributed by atoms with Crippen molar-refractivity contribution in [2.75, 3.05) is 13.1 Å². The van der Waals surface area contributed by atoms with Crippen LogP contribution in [0, 0.1) is 11.3 Å². The molecule has 0 amide bonds. The topological polar surface area (TPSA) is 20.3 Å². The largest absolute Gasteiger partial charge is 0.300 e. The van der Waals surface area contributed by atoms with Gasteiger partial charge in [-0.2, -0.15) is 0 Å². The Balaban J connectivity index is 1.96. The minimum absolute atomic E-state index is 0.356. The molecule has 2 nitrogen and oxygen atoms in total. The van der Waals surface area contributed by atoms with Crippen LogP contribution in [0.1, 0.15) is 72.1 Å². The predicted molar refractivity (Wildman–Crippen MR) is 80.2 cm³/mol. The van der Waals surface area contributed by atoms with Gasteiger partial charge < -0.3 is 0 Å². The van der Waals surface area contributed by atoms with Gasteiger partial charge >= 0.3 is 0 Å². The van der Waals surface area contributed by atoms with Gasteiger partial charge in [0.1, 0.15) is 5.78 Å². The van der Waals surface area contributed by atoms with Crippen LogP contribution in [0.4, 0.5) is 0 Å². The Bertz CT molecular complexity index is 305. The molecule has 1 heterocycles. The van der Waals surface area contributed by atoms with Crippen molar-refractivity contribution in [3.63, 3.8) is 0 Å². The third-order valence-corrected chi connectivity index (χ3v) is 4.88. The van der Waals surface area contributed by atoms with Gasteiger partial charge in [0.05, 0.1) is 0 Å². The Morgan fingerprint density at radius 3 is 2.53 bits per heavy atom. The molecule has 2 unspecified atom stereocenters. The average molecular weight is 265 g/mol. The van der Waals surface area contributed by atoms with Crippen LogP contribution in [0.5, 0.6) is 0 Å². The fourth-order valence-electron chi connectivity index (χ4n) is 3.65. The second kappa shape index (κ2) is 6.39. The van der Waals surface area contributed by atoms with Crippen LogP contribution in [0.2, 0.25) is 0 Å². The SMILES string of the molecule is CC(C)(C)CCN1CCCCC1C1CCCCC1=O. The van der Waals surface area contributed by atoms with Crippen LogP contribution in [0.15, 0.2) is 0 Å². The Labute approximate surface area is 118 Å². The van der Waals surface area contributed by atoms with Crippen LogP contribution in [0.3, 0.4) is 0 Å². The molecule has 2 fully saturated rings. The van der Waals surface area contributed by atoms with Gasteiger partial charge in [0.25, 0.3) is 0 Å². The number of ketones is 1. The molecule has 0 aromatic heterocycles. The van der Waals surface area contributed by atoms with Crippen LogP contribution < -0.4 is 0 Å². The van der Waals surface area contributed by atoms with Crippen molar-refractivity contribution in [1.82, 2.24) is 4.90 Å². The number of carbonyl (C=O) groups excluding carboxylic acids is 1. The Morgan fingerprint density at radius 2 is 1.84 bits per heavy atom. The van der Waals surface area contributed by atoms with E-state index in [4.69, 9.17) is 0 Å². The molecule has 1 saturated heterocycles. The van der Waals surface area contributed by atoms with E-state index in [1.165, 1.54) is 45.2 Å². The number of likely N-dealkylation sites (tertiary alicyclic amines) is 1. The highest BCUT2D eigenvalue weighted by Crippen LogP contribution is 2.32. The molecule has 0 bridgehead atoms. The summed E-state index contributed by atoms with van der Waals surface area (Å²) in [6, 6.07) is 0.559. The first-order valence-corrected chi connectivity index (χ1v) is 8.24. The maximum absolute atomic E-state index is 12.2. The van der Waals surface area contributed by atoms with Gasteiger partial charge in [-0.15, -0.1) is 0 Å². The highest BCUT2D eigenvalue weighted by Gasteiger charge is 2.35. The molecular formula is C17H31NO. The fourth-order valence-corrected chi connectivity index (χ4v) is 3.65. The molecule has 1 saturated carbocycles. The van der Waals surface area contributed by atoms with E-state index in [0.717, 1.165) is 19.3 Å². The summed E-state index contributed by atoms with van der Waals surface area (Å²) >= 11 is 0. The molecular weight excluding hydrogens is 234 g/mol. The minimum atomic E-state index is 0.356. The number of piperidine rings is 1. The first-order valence-electron chi connectivity index (χ1n) is 8.24. The Morgan fingerprint density at radius 1 is 1.11 bits per heavy atom. The van der Waals surface area contributed by atoms with Gasteiger partial charge in [0.15, 0.2) is 0 Å². The summed E-state index contributed by atoms with van der Waals surface area (Å²) in [6.07, 6.45) is 9.51. The number of hydrogen-bond acceptors (Lipinski definition) is 2. The third kappa shape index (κ3) is 4.30. The van der Waals surface area contributed by atoms with Gasteiger partial charge in [-0.05, 0) is 50.6 Å². The quantitative estimate of drug-likeness (QED) is 0.767. The molecule has 0 radical (unpaired) electrons. The Kier molecular flexibility index (Phi) is 5.05. The molecule has 2 heteroatoms. The second-order valence-corrected chi connectivity index (χ2v) is 7.73. The molecule has 1 aliphatic carbocycles. The van der Waals surface area contributed by atoms with E-state index in [-0.39, 0.29) is 0 Å². The molecule has 1 aliphatic heterocycles. The zero-order valence-corrected chi connectivity index (χ0v) is 13.1. The molecule has 2 atom stereocenters. The van der Waals surface area contributed by atoms with Crippen molar-refractivity contribution in [2.45, 2.75) is 78.2 Å². The summed E-state index contributed by atoms with van der Waals surface area (Å²) in [4.78, 5) is 14.9. The fraction of sp³-hybridized carbons (Fsp3) is 0.941. The van der Waals surface area contributed by atoms with E-state index < -0.39 is 0 Å². The molecule has 0 aromatic rings. The predicted octanol–water partition coefficient (Wildman–Crippen LogP) is 4.04. The van der Waals surface area contributed by atoms with E-state index in [0.29, 0.717) is 23.2 Å². The summed E-state index contributed by atoms with van der Waals surface area (Å²) in [6.45, 7) is 9.34. The van der Waals surface area contributed by atoms with Crippen molar-refractivity contribution < 1.29 is 4.79 Å². The number of carbonyl (C=O) groups is 1. The van der Waals surface area contributed by atoms with Gasteiger partial charge in [-0.1, -0.05) is 33.6 Å². The highest BCUT2D eigenvalue weighted by atomic mass is 16.1. The third-order valence-electron chi connectivity index (χ3n) is 4.88. The van der Waals surface area contributed by atoms with E-state index in [9.17, 15) is 4.79 Å². The summed E-state index contributed by atoms with van der Waals surface area (Å²) in [5, 5.41) is 0. The van der Waals surface area contributed by atoms with Crippen molar-refractivity contribution in [3.8, 4) is 0 Å². The monoisotopic (exact) mass is 265 g/mol. The van der Waals surface area contributed by atoms with Gasteiger partial charge in [-0.25, -0.2) is 0 Å². The van der Waals surface area contributed by atoms with Crippen LogP contribution in [-0.4, -0.2) is 29.8 Å². The zero-order valence-electron chi connectivity index (χ0n) is 13.1. The summed E-state index contributed by atoms with van der Waals surface area (Å²) in [5.74, 6) is 0.910. The standard InChI is InChI=1S/C17H31NO/c1-17(2,3)11-13-18-12-7-6-9-15(18)14-8-4-5-10-16(14)19/h14-15H,4-13H2,1-3H3. The smallest absolute Gasteiger partial charge is 0.137 e. The maximum atomic E-state index is 12.2. The van der Waals surface area contributed by atoms with E-state index >= 15 is 0 Å². The van der Waals surface area contributed by atoms with Gasteiger partial charge in [-0.3, -0.25) is 9.69 Å². The zero-order chi connectivity index (χ0) is 13.9. The molecule has 0 aromatic carbocycles. The lowest BCUT2D eigenvalue weighted by atomic mass is 9.78. The van der Waals surface area contributed by atoms with E-state index in [2.05, 4.69) is 25.7 Å². The number of nitrogens with zero attached hydrogens (tertiary/aromatic N) is 1. The summed E-state index contributed by atoms with van der Waals surface area (Å²) in [7, 11) is 0. The lowest BCUT2D eigenvalue weighted by molar-refractivity contribution is -0.127. The molecule has 110 valence electrons. The normalized spacial score (nSPS) is 30.6. The molecule has 0 spiro atoms. The molecule has 19 heavy (non-hydrogen) atoms. The van der Waals surface area contributed by atoms with Crippen molar-refractivity contribution in [3.05, 3.63) is 0 Å². The summed E-state index contributed by atoms with van der Waals surface area (Å²) < 4.78 is 0. The van der Waals surface area contributed by atoms with Crippen LogP contribution in [0.25, 0.3) is 0 Å². The molecule has 2 rings (SSSR count). The average Bonchev–Trinajstić information content (AvgIpc) is 2.37. The number of Topliss-reactive ketones (excluding diaryl/α,β-unsaturated/α-hetero) is 1. The van der Waals surface area contributed by atoms with E-state index in [1.54, 1.807) is 0 Å². The molecule has 0 N–H and O–H groups in total. The number of hydrogen-bond donors (Lipinski definition) is 0. The minimum Gasteiger partial charge on any atom is -0.300 e. The lowest BCUT2D eigenvalue weighted by Gasteiger charge is -2.42. The first-order chi connectivity index (χ1) is 8.97. The lowest BCUT2D eigenvalue weighted by Crippen LogP contribution is -2.48.